The normalized spacial score (nSPS) is 11.6. The van der Waals surface area contributed by atoms with E-state index in [1.807, 2.05) is 35.7 Å². The third-order valence-electron chi connectivity index (χ3n) is 4.63. The Morgan fingerprint density at radius 2 is 2.17 bits per heavy atom. The minimum absolute atomic E-state index is 0.219. The van der Waals surface area contributed by atoms with Crippen molar-refractivity contribution in [1.29, 1.82) is 0 Å². The number of carbonyl (C=O) groups excluding carboxylic acids is 1. The average molecular weight is 429 g/mol. The molecular weight excluding hydrogens is 404 g/mol. The summed E-state index contributed by atoms with van der Waals surface area (Å²) in [6.07, 6.45) is 5.68. The molecule has 0 atom stereocenters. The van der Waals surface area contributed by atoms with Crippen molar-refractivity contribution in [2.45, 2.75) is 39.5 Å². The molecule has 2 heterocycles. The summed E-state index contributed by atoms with van der Waals surface area (Å²) in [6.45, 7) is 4.75. The number of halogens is 1. The zero-order valence-electron chi connectivity index (χ0n) is 16.7. The van der Waals surface area contributed by atoms with E-state index in [2.05, 4.69) is 30.4 Å². The largest absolute Gasteiger partial charge is 0.360 e. The van der Waals surface area contributed by atoms with Crippen molar-refractivity contribution in [3.63, 3.8) is 0 Å². The Kier molecular flexibility index (Phi) is 7.67. The number of hydrogen-bond donors (Lipinski definition) is 1. The smallest absolute Gasteiger partial charge is 0.273 e. The van der Waals surface area contributed by atoms with Gasteiger partial charge in [0, 0.05) is 28.9 Å². The van der Waals surface area contributed by atoms with Gasteiger partial charge < -0.3 is 9.84 Å². The maximum Gasteiger partial charge on any atom is 0.273 e. The van der Waals surface area contributed by atoms with E-state index in [0.29, 0.717) is 24.4 Å². The summed E-state index contributed by atoms with van der Waals surface area (Å²) in [7, 11) is 0. The summed E-state index contributed by atoms with van der Waals surface area (Å²) in [4.78, 5) is 13.6. The first kappa shape index (κ1) is 21.3. The first-order valence-corrected chi connectivity index (χ1v) is 11.0. The summed E-state index contributed by atoms with van der Waals surface area (Å²) in [5.74, 6) is 0.472. The molecule has 0 bridgehead atoms. The molecule has 29 heavy (non-hydrogen) atoms. The number of aromatic nitrogens is 1. The van der Waals surface area contributed by atoms with E-state index >= 15 is 0 Å². The number of hydrogen-bond acceptors (Lipinski definition) is 4. The molecule has 1 amide bonds. The number of nitrogens with one attached hydrogen (secondary N) is 1. The van der Waals surface area contributed by atoms with Crippen molar-refractivity contribution in [3.8, 4) is 0 Å². The molecule has 152 valence electrons. The average Bonchev–Trinajstić information content (AvgIpc) is 3.39. The van der Waals surface area contributed by atoms with E-state index in [4.69, 9.17) is 16.1 Å². The van der Waals surface area contributed by atoms with Gasteiger partial charge in [-0.15, -0.1) is 11.3 Å². The summed E-state index contributed by atoms with van der Waals surface area (Å²) >= 11 is 7.85. The lowest BCUT2D eigenvalue weighted by Crippen LogP contribution is -2.25. The number of carbonyl (C=O) groups is 1. The van der Waals surface area contributed by atoms with E-state index in [1.165, 1.54) is 16.0 Å². The van der Waals surface area contributed by atoms with E-state index in [1.54, 1.807) is 17.4 Å². The summed E-state index contributed by atoms with van der Waals surface area (Å²) in [6, 6.07) is 11.7. The molecule has 0 unspecified atom stereocenters. The fourth-order valence-corrected chi connectivity index (χ4v) is 3.98. The maximum atomic E-state index is 12.4. The number of aryl methyl sites for hydroxylation is 1. The lowest BCUT2D eigenvalue weighted by Gasteiger charge is -2.12. The molecule has 0 saturated carbocycles. The van der Waals surface area contributed by atoms with Gasteiger partial charge in [0.2, 0.25) is 0 Å². The number of allylic oxidation sites excluding steroid dienone is 1. The number of unbranched alkanes of at least 4 members (excludes halogenated alkanes) is 1. The Labute approximate surface area is 180 Å². The number of thiophene rings is 1. The maximum absolute atomic E-state index is 12.4. The van der Waals surface area contributed by atoms with Crippen LogP contribution in [0.5, 0.6) is 0 Å². The third-order valence-corrected chi connectivity index (χ3v) is 5.74. The zero-order valence-corrected chi connectivity index (χ0v) is 18.3. The monoisotopic (exact) mass is 428 g/mol. The molecule has 0 spiro atoms. The molecule has 0 aliphatic carbocycles. The molecule has 2 aromatic heterocycles. The van der Waals surface area contributed by atoms with Crippen LogP contribution in [0.15, 0.2) is 52.4 Å². The van der Waals surface area contributed by atoms with Gasteiger partial charge in [0.05, 0.1) is 0 Å². The second-order valence-electron chi connectivity index (χ2n) is 6.92. The van der Waals surface area contributed by atoms with Crippen LogP contribution >= 0.6 is 22.9 Å². The summed E-state index contributed by atoms with van der Waals surface area (Å²) in [5, 5.41) is 9.60. The van der Waals surface area contributed by atoms with Gasteiger partial charge in [-0.05, 0) is 60.0 Å². The molecule has 3 rings (SSSR count). The highest BCUT2D eigenvalue weighted by molar-refractivity contribution is 7.09. The van der Waals surface area contributed by atoms with Crippen LogP contribution in [0, 0.1) is 6.92 Å². The molecular formula is C23H25ClN2O2S. The second kappa shape index (κ2) is 10.4. The van der Waals surface area contributed by atoms with Crippen LogP contribution in [0.2, 0.25) is 5.02 Å². The Balaban J connectivity index is 1.60. The van der Waals surface area contributed by atoms with Crippen LogP contribution in [-0.2, 0) is 6.42 Å². The van der Waals surface area contributed by atoms with Gasteiger partial charge >= 0.3 is 0 Å². The van der Waals surface area contributed by atoms with Crippen LogP contribution in [0.3, 0.4) is 0 Å². The Morgan fingerprint density at radius 1 is 1.31 bits per heavy atom. The third kappa shape index (κ3) is 6.05. The van der Waals surface area contributed by atoms with E-state index in [0.717, 1.165) is 29.8 Å². The van der Waals surface area contributed by atoms with Crippen LogP contribution in [0.4, 0.5) is 0 Å². The van der Waals surface area contributed by atoms with Crippen molar-refractivity contribution in [1.82, 2.24) is 10.5 Å². The number of amides is 1. The highest BCUT2D eigenvalue weighted by Crippen LogP contribution is 2.26. The topological polar surface area (TPSA) is 55.1 Å². The second-order valence-corrected chi connectivity index (χ2v) is 8.39. The molecule has 0 aliphatic heterocycles. The van der Waals surface area contributed by atoms with Gasteiger partial charge in [0.1, 0.15) is 5.76 Å². The zero-order chi connectivity index (χ0) is 20.6. The van der Waals surface area contributed by atoms with E-state index in [9.17, 15) is 4.79 Å². The molecule has 4 nitrogen and oxygen atoms in total. The first-order valence-electron chi connectivity index (χ1n) is 9.78. The highest BCUT2D eigenvalue weighted by atomic mass is 35.5. The highest BCUT2D eigenvalue weighted by Gasteiger charge is 2.14. The van der Waals surface area contributed by atoms with Crippen LogP contribution < -0.4 is 5.32 Å². The van der Waals surface area contributed by atoms with Crippen molar-refractivity contribution in [2.24, 2.45) is 0 Å². The van der Waals surface area contributed by atoms with Crippen LogP contribution in [0.1, 0.15) is 58.4 Å². The van der Waals surface area contributed by atoms with Gasteiger partial charge in [-0.2, -0.15) is 0 Å². The lowest BCUT2D eigenvalue weighted by atomic mass is 9.96. The molecule has 0 fully saturated rings. The number of nitrogens with zero attached hydrogens (tertiary/aromatic N) is 1. The molecule has 0 saturated heterocycles. The molecule has 0 radical (unpaired) electrons. The Hall–Kier alpha value is -2.37. The van der Waals surface area contributed by atoms with Crippen LogP contribution in [0.25, 0.3) is 5.57 Å². The van der Waals surface area contributed by atoms with Crippen LogP contribution in [-0.4, -0.2) is 17.6 Å². The molecule has 3 aromatic rings. The predicted molar refractivity (Wildman–Crippen MR) is 120 cm³/mol. The van der Waals surface area contributed by atoms with Crippen molar-refractivity contribution in [2.75, 3.05) is 6.54 Å². The molecule has 1 N–H and O–H groups in total. The first-order chi connectivity index (χ1) is 14.1. The summed E-state index contributed by atoms with van der Waals surface area (Å²) < 4.78 is 5.31. The fraction of sp³-hybridized carbons (Fsp3) is 0.304. The molecule has 0 aliphatic rings. The van der Waals surface area contributed by atoms with Crippen molar-refractivity contribution in [3.05, 3.63) is 80.3 Å². The van der Waals surface area contributed by atoms with E-state index in [-0.39, 0.29) is 5.91 Å². The Morgan fingerprint density at radius 3 is 2.93 bits per heavy atom. The van der Waals surface area contributed by atoms with Crippen molar-refractivity contribution < 1.29 is 9.32 Å². The molecule has 1 aromatic carbocycles. The number of benzene rings is 1. The van der Waals surface area contributed by atoms with Gasteiger partial charge in [0.25, 0.3) is 5.91 Å². The Bertz CT molecular complexity index is 977. The van der Waals surface area contributed by atoms with Gasteiger partial charge in [-0.1, -0.05) is 48.3 Å². The predicted octanol–water partition coefficient (Wildman–Crippen LogP) is 6.29. The fourth-order valence-electron chi connectivity index (χ4n) is 3.09. The van der Waals surface area contributed by atoms with Crippen molar-refractivity contribution >= 4 is 34.4 Å². The quantitative estimate of drug-likeness (QED) is 0.435. The summed E-state index contributed by atoms with van der Waals surface area (Å²) in [5.41, 5.74) is 3.83. The van der Waals surface area contributed by atoms with Gasteiger partial charge in [-0.25, -0.2) is 0 Å². The number of rotatable bonds is 9. The minimum Gasteiger partial charge on any atom is -0.360 e. The SMILES string of the molecule is CCCC=C(CCNC(=O)c1cc(Cc2cccs2)on1)c1cc(Cl)ccc1C. The lowest BCUT2D eigenvalue weighted by molar-refractivity contribution is 0.0945. The standard InChI is InChI=1S/C23H25ClN2O2S/c1-3-4-6-17(21-13-18(24)9-8-16(21)2)10-11-25-23(27)22-15-19(28-26-22)14-20-7-5-12-29-20/h5-9,12-13,15H,3-4,10-11,14H2,1-2H3,(H,25,27). The van der Waals surface area contributed by atoms with Gasteiger partial charge in [-0.3, -0.25) is 4.79 Å². The van der Waals surface area contributed by atoms with Gasteiger partial charge in [0.15, 0.2) is 5.69 Å². The minimum atomic E-state index is -0.219. The molecule has 6 heteroatoms. The van der Waals surface area contributed by atoms with E-state index < -0.39 is 0 Å².